The van der Waals surface area contributed by atoms with E-state index in [1.165, 1.54) is 0 Å². The molecule has 1 N–H and O–H groups in total. The van der Waals surface area contributed by atoms with E-state index in [-0.39, 0.29) is 12.0 Å². The summed E-state index contributed by atoms with van der Waals surface area (Å²) in [4.78, 5) is 19.2. The van der Waals surface area contributed by atoms with E-state index in [9.17, 15) is 4.79 Å². The highest BCUT2D eigenvalue weighted by atomic mass is 16.5. The van der Waals surface area contributed by atoms with E-state index in [1.807, 2.05) is 80.9 Å². The predicted octanol–water partition coefficient (Wildman–Crippen LogP) is 4.33. The Hall–Kier alpha value is -3.86. The Morgan fingerprint density at radius 2 is 1.93 bits per heavy atom. The molecule has 3 aromatic rings. The highest BCUT2D eigenvalue weighted by molar-refractivity contribution is 5.98. The molecule has 1 amide bonds. The molecule has 0 saturated heterocycles. The van der Waals surface area contributed by atoms with Crippen molar-refractivity contribution >= 4 is 27.9 Å². The summed E-state index contributed by atoms with van der Waals surface area (Å²) in [7, 11) is 4.02. The molecule has 1 aliphatic heterocycles. The Balaban J connectivity index is 1.45. The van der Waals surface area contributed by atoms with Gasteiger partial charge >= 0.3 is 0 Å². The molecule has 5 rings (SSSR count). The fourth-order valence-corrected chi connectivity index (χ4v) is 3.74. The van der Waals surface area contributed by atoms with Crippen LogP contribution in [-0.2, 0) is 0 Å². The first-order chi connectivity index (χ1) is 14.6. The number of anilines is 1. The number of nitrogens with zero attached hydrogens (tertiary/aromatic N) is 2. The van der Waals surface area contributed by atoms with Gasteiger partial charge in [-0.15, -0.1) is 0 Å². The minimum Gasteiger partial charge on any atom is -0.481 e. The summed E-state index contributed by atoms with van der Waals surface area (Å²) in [6.07, 6.45) is 9.33. The number of carbonyl (C=O) groups is 1. The Kier molecular flexibility index (Phi) is 4.36. The Bertz CT molecular complexity index is 1250. The molecule has 0 bridgehead atoms. The van der Waals surface area contributed by atoms with Crippen LogP contribution in [0, 0.1) is 0 Å². The van der Waals surface area contributed by atoms with Gasteiger partial charge in [0.15, 0.2) is 0 Å². The molecule has 2 aromatic carbocycles. The third-order valence-corrected chi connectivity index (χ3v) is 5.35. The fraction of sp³-hybridized carbons (Fsp3) is 0.120. The molecule has 5 nitrogen and oxygen atoms in total. The van der Waals surface area contributed by atoms with E-state index in [2.05, 4.69) is 21.3 Å². The van der Waals surface area contributed by atoms with Gasteiger partial charge in [0.2, 0.25) is 0 Å². The molecule has 2 aliphatic rings. The van der Waals surface area contributed by atoms with Crippen molar-refractivity contribution < 1.29 is 9.53 Å². The molecule has 0 radical (unpaired) electrons. The van der Waals surface area contributed by atoms with Crippen molar-refractivity contribution in [1.29, 1.82) is 0 Å². The van der Waals surface area contributed by atoms with E-state index in [0.717, 1.165) is 33.3 Å². The van der Waals surface area contributed by atoms with Crippen molar-refractivity contribution in [3.05, 3.63) is 96.0 Å². The molecule has 1 atom stereocenters. The van der Waals surface area contributed by atoms with Crippen molar-refractivity contribution in [2.24, 2.45) is 0 Å². The number of pyridine rings is 1. The van der Waals surface area contributed by atoms with Crippen LogP contribution in [0.3, 0.4) is 0 Å². The van der Waals surface area contributed by atoms with E-state index >= 15 is 0 Å². The summed E-state index contributed by atoms with van der Waals surface area (Å²) in [5.41, 5.74) is 4.26. The van der Waals surface area contributed by atoms with Crippen molar-refractivity contribution in [2.45, 2.75) is 6.10 Å². The lowest BCUT2D eigenvalue weighted by Gasteiger charge is -2.13. The molecule has 1 aromatic heterocycles. The van der Waals surface area contributed by atoms with E-state index < -0.39 is 0 Å². The summed E-state index contributed by atoms with van der Waals surface area (Å²) in [5, 5.41) is 4.98. The zero-order valence-corrected chi connectivity index (χ0v) is 16.8. The van der Waals surface area contributed by atoms with Crippen LogP contribution in [0.5, 0.6) is 5.75 Å². The molecule has 0 spiro atoms. The molecule has 30 heavy (non-hydrogen) atoms. The molecule has 1 unspecified atom stereocenters. The van der Waals surface area contributed by atoms with E-state index in [0.29, 0.717) is 11.4 Å². The summed E-state index contributed by atoms with van der Waals surface area (Å²) in [6, 6.07) is 15.8. The molecule has 5 heteroatoms. The lowest BCUT2D eigenvalue weighted by atomic mass is 10.0. The van der Waals surface area contributed by atoms with Crippen molar-refractivity contribution in [2.75, 3.05) is 19.0 Å². The van der Waals surface area contributed by atoms with Gasteiger partial charge in [0.1, 0.15) is 17.5 Å². The minimum atomic E-state index is -0.239. The van der Waals surface area contributed by atoms with Crippen molar-refractivity contribution in [3.63, 3.8) is 0 Å². The molecule has 148 valence electrons. The molecule has 0 saturated carbocycles. The standard InChI is InChI=1S/C25H21N3O2/c1-28(2)19-10-11-24-21(14-19)20-13-18(8-5-9-23(20)30-24)27-25(29)22-12-16-6-3-4-7-17(16)15-26-22/h3-15,23H,1-2H3,(H,27,29). The van der Waals surface area contributed by atoms with E-state index in [1.54, 1.807) is 6.20 Å². The van der Waals surface area contributed by atoms with Gasteiger partial charge in [0, 0.05) is 48.2 Å². The number of fused-ring (bicyclic) bond motifs is 4. The average molecular weight is 395 g/mol. The highest BCUT2D eigenvalue weighted by Crippen LogP contribution is 2.41. The zero-order valence-electron chi connectivity index (χ0n) is 16.8. The average Bonchev–Trinajstić information content (AvgIpc) is 2.97. The van der Waals surface area contributed by atoms with Crippen LogP contribution in [0.15, 0.2) is 84.7 Å². The summed E-state index contributed by atoms with van der Waals surface area (Å²) >= 11 is 0. The van der Waals surface area contributed by atoms with Gasteiger partial charge in [-0.2, -0.15) is 0 Å². The largest absolute Gasteiger partial charge is 0.481 e. The Morgan fingerprint density at radius 1 is 1.10 bits per heavy atom. The van der Waals surface area contributed by atoms with Crippen molar-refractivity contribution in [1.82, 2.24) is 10.3 Å². The molecular formula is C25H21N3O2. The first-order valence-electron chi connectivity index (χ1n) is 9.83. The second-order valence-electron chi connectivity index (χ2n) is 7.59. The van der Waals surface area contributed by atoms with Gasteiger partial charge in [0.25, 0.3) is 5.91 Å². The second kappa shape index (κ2) is 7.19. The number of hydrogen-bond donors (Lipinski definition) is 1. The van der Waals surface area contributed by atoms with E-state index in [4.69, 9.17) is 4.74 Å². The van der Waals surface area contributed by atoms with Crippen LogP contribution in [0.4, 0.5) is 5.69 Å². The number of allylic oxidation sites excluding steroid dienone is 3. The lowest BCUT2D eigenvalue weighted by molar-refractivity contribution is 0.0962. The molecular weight excluding hydrogens is 374 g/mol. The minimum absolute atomic E-state index is 0.165. The fourth-order valence-electron chi connectivity index (χ4n) is 3.74. The number of benzene rings is 2. The maximum atomic E-state index is 12.8. The Labute approximate surface area is 175 Å². The number of nitrogens with one attached hydrogen (secondary N) is 1. The number of carbonyl (C=O) groups excluding carboxylic acids is 1. The maximum Gasteiger partial charge on any atom is 0.274 e. The smallest absolute Gasteiger partial charge is 0.274 e. The maximum absolute atomic E-state index is 12.8. The zero-order chi connectivity index (χ0) is 20.7. The van der Waals surface area contributed by atoms with Gasteiger partial charge in [-0.1, -0.05) is 30.3 Å². The molecule has 1 aliphatic carbocycles. The molecule has 2 heterocycles. The number of rotatable bonds is 3. The molecule has 0 fully saturated rings. The topological polar surface area (TPSA) is 54.5 Å². The first-order valence-corrected chi connectivity index (χ1v) is 9.83. The van der Waals surface area contributed by atoms with Crippen LogP contribution in [0.25, 0.3) is 16.3 Å². The lowest BCUT2D eigenvalue weighted by Crippen LogP contribution is -2.23. The SMILES string of the molecule is CN(C)c1ccc2c(c1)C1=CC(NC(=O)c3cc4ccccc4cn3)=CC=CC1O2. The van der Waals surface area contributed by atoms with Crippen LogP contribution >= 0.6 is 0 Å². The van der Waals surface area contributed by atoms with Crippen LogP contribution < -0.4 is 15.0 Å². The quantitative estimate of drug-likeness (QED) is 0.717. The third kappa shape index (κ3) is 3.24. The number of hydrogen-bond acceptors (Lipinski definition) is 4. The highest BCUT2D eigenvalue weighted by Gasteiger charge is 2.28. The summed E-state index contributed by atoms with van der Waals surface area (Å²) in [5.74, 6) is 0.613. The predicted molar refractivity (Wildman–Crippen MR) is 120 cm³/mol. The van der Waals surface area contributed by atoms with Gasteiger partial charge in [-0.05, 0) is 47.9 Å². The number of aromatic nitrogens is 1. The first kappa shape index (κ1) is 18.2. The summed E-state index contributed by atoms with van der Waals surface area (Å²) < 4.78 is 6.08. The summed E-state index contributed by atoms with van der Waals surface area (Å²) in [6.45, 7) is 0. The van der Waals surface area contributed by atoms with Gasteiger partial charge < -0.3 is 15.0 Å². The number of ether oxygens (including phenoxy) is 1. The Morgan fingerprint density at radius 3 is 2.77 bits per heavy atom. The van der Waals surface area contributed by atoms with Crippen LogP contribution in [-0.4, -0.2) is 31.1 Å². The second-order valence-corrected chi connectivity index (χ2v) is 7.59. The van der Waals surface area contributed by atoms with Gasteiger partial charge in [-0.3, -0.25) is 9.78 Å². The normalized spacial score (nSPS) is 16.7. The van der Waals surface area contributed by atoms with Crippen LogP contribution in [0.1, 0.15) is 16.1 Å². The monoisotopic (exact) mass is 395 g/mol. The number of amides is 1. The van der Waals surface area contributed by atoms with Crippen LogP contribution in [0.2, 0.25) is 0 Å². The third-order valence-electron chi connectivity index (χ3n) is 5.35. The van der Waals surface area contributed by atoms with Gasteiger partial charge in [-0.25, -0.2) is 0 Å². The van der Waals surface area contributed by atoms with Crippen molar-refractivity contribution in [3.8, 4) is 5.75 Å². The van der Waals surface area contributed by atoms with Gasteiger partial charge in [0.05, 0.1) is 0 Å².